The molecule has 19 nitrogen and oxygen atoms in total. The van der Waals surface area contributed by atoms with E-state index in [2.05, 4.69) is 31.3 Å². The second-order valence-electron chi connectivity index (χ2n) is 31.4. The molecule has 0 spiro atoms. The maximum absolute atomic E-state index is 13.5. The van der Waals surface area contributed by atoms with Gasteiger partial charge in [-0.05, 0) is 32.1 Å². The van der Waals surface area contributed by atoms with Crippen molar-refractivity contribution < 1.29 is 89.4 Å². The van der Waals surface area contributed by atoms with Crippen molar-refractivity contribution in [2.24, 2.45) is 0 Å². The summed E-state index contributed by atoms with van der Waals surface area (Å²) < 4.78 is 34.5. The monoisotopic (exact) mass is 1480 g/mol. The Morgan fingerprint density at radius 3 is 0.962 bits per heavy atom. The average molecular weight is 1490 g/mol. The highest BCUT2D eigenvalue weighted by Crippen LogP contribution is 2.34. The highest BCUT2D eigenvalue weighted by atomic mass is 16.8. The van der Waals surface area contributed by atoms with Gasteiger partial charge in [-0.3, -0.25) is 4.79 Å². The molecule has 0 aliphatic carbocycles. The molecule has 17 unspecified atom stereocenters. The third-order valence-electron chi connectivity index (χ3n) is 22.0. The van der Waals surface area contributed by atoms with Crippen LogP contribution in [0.4, 0.5) is 0 Å². The number of carbonyl (C=O) groups is 1. The molecule has 3 rings (SSSR count). The van der Waals surface area contributed by atoms with E-state index in [0.29, 0.717) is 12.8 Å². The van der Waals surface area contributed by atoms with Gasteiger partial charge >= 0.3 is 0 Å². The van der Waals surface area contributed by atoms with Crippen LogP contribution in [-0.2, 0) is 33.2 Å². The standard InChI is InChI=1S/C85H161NO18/c1-3-5-7-9-11-13-15-17-19-21-23-25-27-29-31-32-33-34-35-37-38-40-42-44-46-48-50-52-54-56-58-60-62-69(90)68(86-73(91)63-61-59-57-55-53-51-49-47-45-43-41-39-36-30-28-26-24-22-20-18-16-14-12-10-8-6-4-2)67-99-83-79(97)76(94)81(71(65-88)101-83)104-85-80(98)77(95)82(72(66-89)102-85)103-84-78(96)75(93)74(92)70(64-87)100-84/h52,54,60,62,68-72,74-85,87-90,92-98H,3-51,53,55-59,61,63-67H2,1-2H3,(H,86,91)/b54-52+,62-60+. The average Bonchev–Trinajstić information content (AvgIpc) is 0.777. The topological polar surface area (TPSA) is 307 Å². The molecule has 104 heavy (non-hydrogen) atoms. The summed E-state index contributed by atoms with van der Waals surface area (Å²) in [6.45, 7) is 1.79. The molecular weight excluding hydrogens is 1320 g/mol. The van der Waals surface area contributed by atoms with Crippen LogP contribution < -0.4 is 5.32 Å². The predicted octanol–water partition coefficient (Wildman–Crippen LogP) is 15.7. The van der Waals surface area contributed by atoms with Crippen LogP contribution >= 0.6 is 0 Å². The van der Waals surface area contributed by atoms with Crippen molar-refractivity contribution in [2.75, 3.05) is 26.4 Å². The van der Waals surface area contributed by atoms with E-state index in [0.717, 1.165) is 38.5 Å². The summed E-state index contributed by atoms with van der Waals surface area (Å²) in [6.07, 6.45) is 54.8. The van der Waals surface area contributed by atoms with E-state index < -0.39 is 124 Å². The van der Waals surface area contributed by atoms with Crippen LogP contribution in [0.5, 0.6) is 0 Å². The number of hydrogen-bond acceptors (Lipinski definition) is 18. The Hall–Kier alpha value is -1.73. The first kappa shape index (κ1) is 96.5. The minimum Gasteiger partial charge on any atom is -0.394 e. The van der Waals surface area contributed by atoms with Gasteiger partial charge in [-0.25, -0.2) is 0 Å². The predicted molar refractivity (Wildman–Crippen MR) is 416 cm³/mol. The van der Waals surface area contributed by atoms with Gasteiger partial charge in [-0.15, -0.1) is 0 Å². The Bertz CT molecular complexity index is 1970. The Morgan fingerprint density at radius 2 is 0.615 bits per heavy atom. The van der Waals surface area contributed by atoms with Crippen LogP contribution in [0.25, 0.3) is 0 Å². The van der Waals surface area contributed by atoms with E-state index in [1.54, 1.807) is 6.08 Å². The van der Waals surface area contributed by atoms with Crippen LogP contribution in [0.3, 0.4) is 0 Å². The van der Waals surface area contributed by atoms with Crippen molar-refractivity contribution in [1.29, 1.82) is 0 Å². The molecule has 3 fully saturated rings. The van der Waals surface area contributed by atoms with E-state index in [-0.39, 0.29) is 18.9 Å². The van der Waals surface area contributed by atoms with E-state index in [4.69, 9.17) is 28.4 Å². The van der Waals surface area contributed by atoms with Gasteiger partial charge in [0, 0.05) is 6.42 Å². The normalized spacial score (nSPS) is 26.0. The highest BCUT2D eigenvalue weighted by molar-refractivity contribution is 5.76. The van der Waals surface area contributed by atoms with Crippen LogP contribution in [-0.4, -0.2) is 193 Å². The van der Waals surface area contributed by atoms with Gasteiger partial charge in [-0.1, -0.05) is 366 Å². The molecule has 19 heteroatoms. The summed E-state index contributed by atoms with van der Waals surface area (Å²) in [7, 11) is 0. The summed E-state index contributed by atoms with van der Waals surface area (Å²) >= 11 is 0. The Balaban J connectivity index is 1.35. The zero-order valence-electron chi connectivity index (χ0n) is 66.0. The van der Waals surface area contributed by atoms with Crippen molar-refractivity contribution in [1.82, 2.24) is 5.32 Å². The Morgan fingerprint density at radius 1 is 0.337 bits per heavy atom. The maximum Gasteiger partial charge on any atom is 0.220 e. The molecule has 0 saturated carbocycles. The van der Waals surface area contributed by atoms with Crippen molar-refractivity contribution in [3.8, 4) is 0 Å². The molecular formula is C85H161NO18. The Kier molecular flexibility index (Phi) is 61.2. The second-order valence-corrected chi connectivity index (χ2v) is 31.4. The minimum absolute atomic E-state index is 0.241. The maximum atomic E-state index is 13.5. The molecule has 1 amide bonds. The first-order valence-corrected chi connectivity index (χ1v) is 43.6. The zero-order valence-corrected chi connectivity index (χ0v) is 66.0. The molecule has 3 aliphatic heterocycles. The summed E-state index contributed by atoms with van der Waals surface area (Å²) in [4.78, 5) is 13.5. The lowest BCUT2D eigenvalue weighted by molar-refractivity contribution is -0.379. The number of carbonyl (C=O) groups excluding carboxylic acids is 1. The summed E-state index contributed by atoms with van der Waals surface area (Å²) in [5, 5.41) is 121. The third-order valence-corrected chi connectivity index (χ3v) is 22.0. The van der Waals surface area contributed by atoms with Gasteiger partial charge in [0.1, 0.15) is 73.2 Å². The van der Waals surface area contributed by atoms with E-state index >= 15 is 0 Å². The number of unbranched alkanes of at least 4 members (excludes halogenated alkanes) is 53. The number of nitrogens with one attached hydrogen (secondary N) is 1. The fourth-order valence-corrected chi connectivity index (χ4v) is 15.0. The molecule has 3 aliphatic rings. The van der Waals surface area contributed by atoms with Crippen molar-refractivity contribution in [3.05, 3.63) is 24.3 Å². The number of ether oxygens (including phenoxy) is 6. The van der Waals surface area contributed by atoms with E-state index in [1.807, 2.05) is 6.08 Å². The number of amides is 1. The van der Waals surface area contributed by atoms with Gasteiger partial charge in [0.05, 0.1) is 38.6 Å². The van der Waals surface area contributed by atoms with Crippen LogP contribution in [0.2, 0.25) is 0 Å². The minimum atomic E-state index is -1.98. The Labute approximate surface area is 632 Å². The molecule has 12 N–H and O–H groups in total. The molecule has 3 saturated heterocycles. The number of hydrogen-bond donors (Lipinski definition) is 12. The molecule has 0 radical (unpaired) electrons. The fraction of sp³-hybridized carbons (Fsp3) is 0.941. The fourth-order valence-electron chi connectivity index (χ4n) is 15.0. The van der Waals surface area contributed by atoms with Crippen molar-refractivity contribution in [2.45, 2.75) is 484 Å². The lowest BCUT2D eigenvalue weighted by Crippen LogP contribution is -2.66. The lowest BCUT2D eigenvalue weighted by Gasteiger charge is -2.48. The molecule has 0 aromatic heterocycles. The van der Waals surface area contributed by atoms with Gasteiger partial charge in [0.2, 0.25) is 5.91 Å². The second kappa shape index (κ2) is 65.9. The third kappa shape index (κ3) is 44.9. The van der Waals surface area contributed by atoms with Crippen LogP contribution in [0.1, 0.15) is 380 Å². The first-order valence-electron chi connectivity index (χ1n) is 43.6. The SMILES string of the molecule is CCCCCCCCCCCCCCCCCCCCCCCCCCCC/C=C/CC/C=C/C(O)C(COC1OC(CO)C(OC2OC(CO)C(OC3OC(CO)C(O)C(O)C3O)C(O)C2O)C(O)C1O)NC(=O)CCCCCCCCCCCCCCCCCCCCCCCCCCCCC. The van der Waals surface area contributed by atoms with E-state index in [9.17, 15) is 61.0 Å². The number of allylic oxidation sites excluding steroid dienone is 3. The van der Waals surface area contributed by atoms with Crippen molar-refractivity contribution in [3.63, 3.8) is 0 Å². The van der Waals surface area contributed by atoms with Gasteiger partial charge in [0.15, 0.2) is 18.9 Å². The first-order chi connectivity index (χ1) is 50.8. The highest BCUT2D eigenvalue weighted by Gasteiger charge is 2.54. The molecule has 0 bridgehead atoms. The van der Waals surface area contributed by atoms with Crippen LogP contribution in [0.15, 0.2) is 24.3 Å². The molecule has 614 valence electrons. The smallest absolute Gasteiger partial charge is 0.220 e. The number of rotatable bonds is 71. The molecule has 3 heterocycles. The quantitative estimate of drug-likeness (QED) is 0.0199. The van der Waals surface area contributed by atoms with Crippen molar-refractivity contribution >= 4 is 5.91 Å². The van der Waals surface area contributed by atoms with Gasteiger partial charge in [-0.2, -0.15) is 0 Å². The number of aliphatic hydroxyl groups excluding tert-OH is 11. The summed E-state index contributed by atoms with van der Waals surface area (Å²) in [5.74, 6) is -0.276. The largest absolute Gasteiger partial charge is 0.394 e. The molecule has 0 aromatic carbocycles. The van der Waals surface area contributed by atoms with Gasteiger partial charge in [0.25, 0.3) is 0 Å². The molecule has 17 atom stereocenters. The lowest BCUT2D eigenvalue weighted by atomic mass is 9.96. The van der Waals surface area contributed by atoms with Gasteiger partial charge < -0.3 is 89.9 Å². The van der Waals surface area contributed by atoms with Crippen LogP contribution in [0, 0.1) is 0 Å². The summed E-state index contributed by atoms with van der Waals surface area (Å²) in [6, 6.07) is -0.989. The zero-order chi connectivity index (χ0) is 75.3. The molecule has 0 aromatic rings. The van der Waals surface area contributed by atoms with E-state index in [1.165, 1.54) is 308 Å². The summed E-state index contributed by atoms with van der Waals surface area (Å²) in [5.41, 5.74) is 0. The number of aliphatic hydroxyl groups is 11.